The van der Waals surface area contributed by atoms with Crippen LogP contribution >= 0.6 is 11.1 Å². The van der Waals surface area contributed by atoms with Gasteiger partial charge in [0, 0.05) is 29.7 Å². The Kier molecular flexibility index (Phi) is 4.99. The maximum Gasteiger partial charge on any atom is 0.312 e. The second kappa shape index (κ2) is 6.44. The van der Waals surface area contributed by atoms with E-state index in [0.717, 1.165) is 28.7 Å². The summed E-state index contributed by atoms with van der Waals surface area (Å²) in [6.45, 7) is 7.63. The van der Waals surface area contributed by atoms with Gasteiger partial charge < -0.3 is 10.1 Å². The lowest BCUT2D eigenvalue weighted by atomic mass is 9.92. The van der Waals surface area contributed by atoms with Gasteiger partial charge in [-0.3, -0.25) is 9.69 Å². The van der Waals surface area contributed by atoms with E-state index in [1.165, 1.54) is 0 Å². The summed E-state index contributed by atoms with van der Waals surface area (Å²) in [4.78, 5) is 16.7. The molecule has 1 atom stereocenters. The minimum absolute atomic E-state index is 0.431. The standard InChI is InChI=1S/C13H14N2O2.C3H9ClSi/c1-15-6-9(13(16)17)12-8-4-2-3-5-10(8)14-11(12)7-15;1-5(2,3)4/h2-5,9,14H,6-7H2,1H3,(H,16,17);1-3H3/t9-;/m1./s1. The normalized spacial score (nSPS) is 18.5. The summed E-state index contributed by atoms with van der Waals surface area (Å²) in [5.74, 6) is -1.18. The summed E-state index contributed by atoms with van der Waals surface area (Å²) < 4.78 is 0. The van der Waals surface area contributed by atoms with Crippen molar-refractivity contribution >= 4 is 35.3 Å². The summed E-state index contributed by atoms with van der Waals surface area (Å²) in [6, 6.07) is 7.90. The molecule has 0 amide bonds. The molecule has 2 heterocycles. The molecule has 6 heteroatoms. The highest BCUT2D eigenvalue weighted by Crippen LogP contribution is 2.34. The molecule has 0 saturated carbocycles. The van der Waals surface area contributed by atoms with Crippen LogP contribution in [-0.4, -0.2) is 41.9 Å². The van der Waals surface area contributed by atoms with E-state index in [-0.39, 0.29) is 0 Å². The maximum atomic E-state index is 11.4. The van der Waals surface area contributed by atoms with Gasteiger partial charge in [0.25, 0.3) is 0 Å². The lowest BCUT2D eigenvalue weighted by Crippen LogP contribution is -2.33. The van der Waals surface area contributed by atoms with Crippen molar-refractivity contribution in [2.24, 2.45) is 0 Å². The number of rotatable bonds is 1. The third-order valence-corrected chi connectivity index (χ3v) is 3.40. The minimum Gasteiger partial charge on any atom is -0.481 e. The fourth-order valence-corrected chi connectivity index (χ4v) is 2.68. The highest BCUT2D eigenvalue weighted by molar-refractivity contribution is 7.18. The number of nitrogens with one attached hydrogen (secondary N) is 1. The van der Waals surface area contributed by atoms with Crippen LogP contribution in [-0.2, 0) is 11.3 Å². The molecule has 0 saturated heterocycles. The Bertz CT molecular complexity index is 672. The van der Waals surface area contributed by atoms with E-state index in [2.05, 4.69) is 24.6 Å². The maximum absolute atomic E-state index is 11.4. The zero-order valence-electron chi connectivity index (χ0n) is 13.5. The van der Waals surface area contributed by atoms with Crippen molar-refractivity contribution in [3.63, 3.8) is 0 Å². The van der Waals surface area contributed by atoms with Gasteiger partial charge in [-0.15, -0.1) is 0 Å². The molecule has 2 aromatic rings. The summed E-state index contributed by atoms with van der Waals surface area (Å²) in [7, 11) is 0.810. The lowest BCUT2D eigenvalue weighted by Gasteiger charge is -2.27. The Hall–Kier alpha value is -1.30. The first-order valence-corrected chi connectivity index (χ1v) is 11.9. The average molecular weight is 339 g/mol. The number of H-pyrrole nitrogens is 1. The predicted molar refractivity (Wildman–Crippen MR) is 94.2 cm³/mol. The molecular formula is C16H23ClN2O2Si. The Morgan fingerprint density at radius 3 is 2.55 bits per heavy atom. The zero-order chi connectivity index (χ0) is 16.5. The number of para-hydroxylation sites is 1. The van der Waals surface area contributed by atoms with E-state index in [4.69, 9.17) is 11.1 Å². The fourth-order valence-electron chi connectivity index (χ4n) is 2.68. The van der Waals surface area contributed by atoms with Crippen LogP contribution in [0.4, 0.5) is 0 Å². The van der Waals surface area contributed by atoms with Gasteiger partial charge in [0.15, 0.2) is 0 Å². The highest BCUT2D eigenvalue weighted by atomic mass is 35.6. The van der Waals surface area contributed by atoms with Gasteiger partial charge in [0.1, 0.15) is 7.38 Å². The van der Waals surface area contributed by atoms with Crippen molar-refractivity contribution in [2.75, 3.05) is 13.6 Å². The number of halogens is 1. The van der Waals surface area contributed by atoms with E-state index < -0.39 is 19.3 Å². The second-order valence-electron chi connectivity index (χ2n) is 6.72. The minimum atomic E-state index is -1.14. The molecule has 4 nitrogen and oxygen atoms in total. The molecule has 0 radical (unpaired) electrons. The quantitative estimate of drug-likeness (QED) is 0.613. The van der Waals surface area contributed by atoms with Crippen molar-refractivity contribution in [3.05, 3.63) is 35.5 Å². The van der Waals surface area contributed by atoms with E-state index in [1.807, 2.05) is 36.2 Å². The third-order valence-electron chi connectivity index (χ3n) is 3.40. The number of carboxylic acid groups (broad SMARTS) is 1. The topological polar surface area (TPSA) is 56.3 Å². The monoisotopic (exact) mass is 338 g/mol. The number of hydrogen-bond donors (Lipinski definition) is 2. The fraction of sp³-hybridized carbons (Fsp3) is 0.438. The number of likely N-dealkylation sites (N-methyl/N-ethyl adjacent to an activating group) is 1. The number of nitrogens with zero attached hydrogens (tertiary/aromatic N) is 1. The molecule has 0 aliphatic carbocycles. The van der Waals surface area contributed by atoms with Crippen molar-refractivity contribution in [1.82, 2.24) is 9.88 Å². The molecule has 120 valence electrons. The molecule has 0 fully saturated rings. The van der Waals surface area contributed by atoms with Crippen LogP contribution < -0.4 is 0 Å². The molecule has 0 unspecified atom stereocenters. The van der Waals surface area contributed by atoms with Crippen LogP contribution in [0.3, 0.4) is 0 Å². The van der Waals surface area contributed by atoms with Crippen molar-refractivity contribution in [2.45, 2.75) is 32.1 Å². The largest absolute Gasteiger partial charge is 0.481 e. The average Bonchev–Trinajstić information content (AvgIpc) is 2.73. The van der Waals surface area contributed by atoms with Crippen LogP contribution in [0.15, 0.2) is 24.3 Å². The summed E-state index contributed by atoms with van der Waals surface area (Å²) in [5.41, 5.74) is 3.03. The predicted octanol–water partition coefficient (Wildman–Crippen LogP) is 3.84. The van der Waals surface area contributed by atoms with E-state index >= 15 is 0 Å². The molecule has 0 bridgehead atoms. The summed E-state index contributed by atoms with van der Waals surface area (Å²) in [6.07, 6.45) is 0. The number of benzene rings is 1. The second-order valence-corrected chi connectivity index (χ2v) is 14.3. The number of hydrogen-bond acceptors (Lipinski definition) is 2. The van der Waals surface area contributed by atoms with Gasteiger partial charge in [-0.25, -0.2) is 0 Å². The Labute approximate surface area is 136 Å². The van der Waals surface area contributed by atoms with E-state index in [9.17, 15) is 9.90 Å². The molecule has 22 heavy (non-hydrogen) atoms. The summed E-state index contributed by atoms with van der Waals surface area (Å²) in [5, 5.41) is 10.4. The molecule has 1 aliphatic rings. The van der Waals surface area contributed by atoms with Crippen molar-refractivity contribution < 1.29 is 9.90 Å². The van der Waals surface area contributed by atoms with Crippen LogP contribution in [0.1, 0.15) is 17.2 Å². The van der Waals surface area contributed by atoms with Gasteiger partial charge in [-0.1, -0.05) is 37.8 Å². The van der Waals surface area contributed by atoms with Gasteiger partial charge in [0.05, 0.1) is 5.92 Å². The van der Waals surface area contributed by atoms with Crippen LogP contribution in [0, 0.1) is 0 Å². The number of aliphatic carboxylic acids is 1. The van der Waals surface area contributed by atoms with Gasteiger partial charge >= 0.3 is 5.97 Å². The highest BCUT2D eigenvalue weighted by Gasteiger charge is 2.31. The summed E-state index contributed by atoms with van der Waals surface area (Å²) >= 11 is 5.67. The third kappa shape index (κ3) is 4.12. The SMILES string of the molecule is CN1Cc2[nH]c3ccccc3c2[C@H](C(=O)O)C1.C[Si](C)(C)Cl. The van der Waals surface area contributed by atoms with Gasteiger partial charge in [-0.2, -0.15) is 11.1 Å². The van der Waals surface area contributed by atoms with Crippen molar-refractivity contribution in [3.8, 4) is 0 Å². The number of carboxylic acids is 1. The van der Waals surface area contributed by atoms with Crippen LogP contribution in [0.2, 0.25) is 19.6 Å². The molecule has 1 aliphatic heterocycles. The van der Waals surface area contributed by atoms with Gasteiger partial charge in [-0.05, 0) is 18.7 Å². The first-order chi connectivity index (χ1) is 10.2. The number of aromatic nitrogens is 1. The molecule has 3 rings (SSSR count). The van der Waals surface area contributed by atoms with Crippen LogP contribution in [0.25, 0.3) is 10.9 Å². The van der Waals surface area contributed by atoms with Crippen LogP contribution in [0.5, 0.6) is 0 Å². The molecule has 1 aromatic carbocycles. The number of aromatic amines is 1. The Morgan fingerprint density at radius 1 is 1.36 bits per heavy atom. The smallest absolute Gasteiger partial charge is 0.312 e. The zero-order valence-corrected chi connectivity index (χ0v) is 15.2. The van der Waals surface area contributed by atoms with Crippen molar-refractivity contribution in [1.29, 1.82) is 0 Å². The molecule has 2 N–H and O–H groups in total. The van der Waals surface area contributed by atoms with Gasteiger partial charge in [0.2, 0.25) is 0 Å². The lowest BCUT2D eigenvalue weighted by molar-refractivity contribution is -0.139. The molecule has 0 spiro atoms. The molecular weight excluding hydrogens is 316 g/mol. The number of fused-ring (bicyclic) bond motifs is 3. The Balaban J connectivity index is 0.000000309. The van der Waals surface area contributed by atoms with E-state index in [1.54, 1.807) is 0 Å². The first-order valence-electron chi connectivity index (χ1n) is 7.36. The first kappa shape index (κ1) is 17.1. The number of carbonyl (C=O) groups is 1. The Morgan fingerprint density at radius 2 is 1.95 bits per heavy atom. The molecule has 1 aromatic heterocycles. The van der Waals surface area contributed by atoms with E-state index in [0.29, 0.717) is 6.54 Å².